The molecule has 0 saturated carbocycles. The third-order valence-corrected chi connectivity index (χ3v) is 2.39. The summed E-state index contributed by atoms with van der Waals surface area (Å²) in [6, 6.07) is -0.221. The van der Waals surface area contributed by atoms with Crippen LogP contribution in [0.2, 0.25) is 0 Å². The molecule has 1 N–H and O–H groups in total. The Morgan fingerprint density at radius 3 is 3.20 bits per heavy atom. The number of ether oxygens (including phenoxy) is 1. The van der Waals surface area contributed by atoms with Gasteiger partial charge in [0.25, 0.3) is 0 Å². The number of amides is 1. The van der Waals surface area contributed by atoms with Crippen LogP contribution >= 0.6 is 0 Å². The lowest BCUT2D eigenvalue weighted by Gasteiger charge is -2.32. The van der Waals surface area contributed by atoms with Gasteiger partial charge in [0.05, 0.1) is 19.8 Å². The highest BCUT2D eigenvalue weighted by Gasteiger charge is 2.28. The number of hydrogen-bond acceptors (Lipinski definition) is 3. The van der Waals surface area contributed by atoms with E-state index in [9.17, 15) is 4.79 Å². The summed E-state index contributed by atoms with van der Waals surface area (Å²) < 4.78 is 5.29. The maximum absolute atomic E-state index is 11.7. The van der Waals surface area contributed by atoms with Gasteiger partial charge in [-0.3, -0.25) is 9.69 Å². The summed E-state index contributed by atoms with van der Waals surface area (Å²) in [5, 5.41) is 2.86. The Morgan fingerprint density at radius 1 is 1.73 bits per heavy atom. The fourth-order valence-electron chi connectivity index (χ4n) is 1.55. The van der Waals surface area contributed by atoms with E-state index in [4.69, 9.17) is 11.2 Å². The lowest BCUT2D eigenvalue weighted by Crippen LogP contribution is -2.53. The summed E-state index contributed by atoms with van der Waals surface area (Å²) in [5.74, 6) is 2.59. The van der Waals surface area contributed by atoms with Crippen molar-refractivity contribution in [2.45, 2.75) is 19.4 Å². The molecular formula is C11H18N2O2. The van der Waals surface area contributed by atoms with Crippen LogP contribution in [0.4, 0.5) is 0 Å². The summed E-state index contributed by atoms with van der Waals surface area (Å²) in [7, 11) is 0. The maximum Gasteiger partial charge on any atom is 0.239 e. The molecule has 1 aliphatic rings. The Hall–Kier alpha value is -1.05. The predicted octanol–water partition coefficient (Wildman–Crippen LogP) is -0.153. The van der Waals surface area contributed by atoms with E-state index in [1.165, 1.54) is 0 Å². The molecule has 1 amide bonds. The van der Waals surface area contributed by atoms with Crippen LogP contribution in [-0.4, -0.2) is 49.7 Å². The first-order chi connectivity index (χ1) is 7.29. The summed E-state index contributed by atoms with van der Waals surface area (Å²) in [4.78, 5) is 13.7. The summed E-state index contributed by atoms with van der Waals surface area (Å²) in [6.45, 7) is 5.06. The molecule has 1 aliphatic heterocycles. The Bertz CT molecular complexity index is 247. The van der Waals surface area contributed by atoms with Crippen molar-refractivity contribution >= 4 is 5.91 Å². The second kappa shape index (κ2) is 6.44. The number of rotatable bonds is 4. The number of morpholine rings is 1. The lowest BCUT2D eigenvalue weighted by atomic mass is 10.2. The molecule has 0 bridgehead atoms. The SMILES string of the molecule is C#CCN1CCOCC1C(=O)NCCC. The van der Waals surface area contributed by atoms with Gasteiger partial charge in [-0.2, -0.15) is 0 Å². The van der Waals surface area contributed by atoms with Crippen molar-refractivity contribution in [2.24, 2.45) is 0 Å². The summed E-state index contributed by atoms with van der Waals surface area (Å²) >= 11 is 0. The molecule has 0 aromatic rings. The zero-order valence-corrected chi connectivity index (χ0v) is 9.16. The fourth-order valence-corrected chi connectivity index (χ4v) is 1.55. The first kappa shape index (κ1) is 12.0. The number of terminal acetylenes is 1. The molecule has 0 aromatic carbocycles. The van der Waals surface area contributed by atoms with Crippen molar-refractivity contribution < 1.29 is 9.53 Å². The average molecular weight is 210 g/mol. The van der Waals surface area contributed by atoms with Crippen molar-refractivity contribution in [1.29, 1.82) is 0 Å². The molecule has 1 unspecified atom stereocenters. The van der Waals surface area contributed by atoms with Crippen LogP contribution in [0.1, 0.15) is 13.3 Å². The smallest absolute Gasteiger partial charge is 0.239 e. The van der Waals surface area contributed by atoms with E-state index >= 15 is 0 Å². The van der Waals surface area contributed by atoms with Gasteiger partial charge in [0.1, 0.15) is 6.04 Å². The van der Waals surface area contributed by atoms with Gasteiger partial charge >= 0.3 is 0 Å². The number of carbonyl (C=O) groups is 1. The van der Waals surface area contributed by atoms with E-state index in [2.05, 4.69) is 11.2 Å². The van der Waals surface area contributed by atoms with Gasteiger partial charge in [-0.1, -0.05) is 12.8 Å². The van der Waals surface area contributed by atoms with Gasteiger partial charge in [0, 0.05) is 13.1 Å². The Kier molecular flexibility index (Phi) is 5.16. The minimum atomic E-state index is -0.221. The van der Waals surface area contributed by atoms with E-state index in [-0.39, 0.29) is 11.9 Å². The number of hydrogen-bond donors (Lipinski definition) is 1. The number of nitrogens with zero attached hydrogens (tertiary/aromatic N) is 1. The molecule has 1 rings (SSSR count). The van der Waals surface area contributed by atoms with Crippen LogP contribution in [0.15, 0.2) is 0 Å². The zero-order chi connectivity index (χ0) is 11.1. The van der Waals surface area contributed by atoms with Gasteiger partial charge in [-0.25, -0.2) is 0 Å². The molecule has 4 nitrogen and oxygen atoms in total. The molecule has 1 saturated heterocycles. The second-order valence-electron chi connectivity index (χ2n) is 3.56. The first-order valence-corrected chi connectivity index (χ1v) is 5.32. The molecule has 4 heteroatoms. The third-order valence-electron chi connectivity index (χ3n) is 2.39. The average Bonchev–Trinajstić information content (AvgIpc) is 2.27. The van der Waals surface area contributed by atoms with Gasteiger partial charge < -0.3 is 10.1 Å². The predicted molar refractivity (Wildman–Crippen MR) is 58.3 cm³/mol. The largest absolute Gasteiger partial charge is 0.378 e. The zero-order valence-electron chi connectivity index (χ0n) is 9.16. The molecule has 0 aliphatic carbocycles. The van der Waals surface area contributed by atoms with Crippen LogP contribution in [0.3, 0.4) is 0 Å². The van der Waals surface area contributed by atoms with Crippen molar-refractivity contribution in [1.82, 2.24) is 10.2 Å². The summed E-state index contributed by atoms with van der Waals surface area (Å²) in [6.07, 6.45) is 6.20. The van der Waals surface area contributed by atoms with Crippen molar-refractivity contribution in [3.05, 3.63) is 0 Å². The Morgan fingerprint density at radius 2 is 2.53 bits per heavy atom. The van der Waals surface area contributed by atoms with Crippen molar-refractivity contribution in [3.8, 4) is 12.3 Å². The van der Waals surface area contributed by atoms with Crippen LogP contribution in [0.25, 0.3) is 0 Å². The lowest BCUT2D eigenvalue weighted by molar-refractivity contribution is -0.131. The minimum Gasteiger partial charge on any atom is -0.378 e. The van der Waals surface area contributed by atoms with Gasteiger partial charge in [0.15, 0.2) is 0 Å². The van der Waals surface area contributed by atoms with Crippen LogP contribution < -0.4 is 5.32 Å². The van der Waals surface area contributed by atoms with E-state index in [0.717, 1.165) is 13.0 Å². The summed E-state index contributed by atoms with van der Waals surface area (Å²) in [5.41, 5.74) is 0. The molecule has 1 fully saturated rings. The van der Waals surface area contributed by atoms with Gasteiger partial charge in [-0.15, -0.1) is 6.42 Å². The van der Waals surface area contributed by atoms with Crippen molar-refractivity contribution in [2.75, 3.05) is 32.8 Å². The Balaban J connectivity index is 2.48. The van der Waals surface area contributed by atoms with Crippen LogP contribution in [-0.2, 0) is 9.53 Å². The van der Waals surface area contributed by atoms with Crippen molar-refractivity contribution in [3.63, 3.8) is 0 Å². The highest BCUT2D eigenvalue weighted by atomic mass is 16.5. The van der Waals surface area contributed by atoms with E-state index in [1.807, 2.05) is 11.8 Å². The maximum atomic E-state index is 11.7. The Labute approximate surface area is 91.0 Å². The van der Waals surface area contributed by atoms with E-state index in [1.54, 1.807) is 0 Å². The molecule has 1 atom stereocenters. The minimum absolute atomic E-state index is 0.0202. The first-order valence-electron chi connectivity index (χ1n) is 5.32. The highest BCUT2D eigenvalue weighted by molar-refractivity contribution is 5.82. The number of carbonyl (C=O) groups excluding carboxylic acids is 1. The highest BCUT2D eigenvalue weighted by Crippen LogP contribution is 2.06. The molecule has 84 valence electrons. The van der Waals surface area contributed by atoms with Gasteiger partial charge in [0.2, 0.25) is 5.91 Å². The van der Waals surface area contributed by atoms with Crippen LogP contribution in [0, 0.1) is 12.3 Å². The standard InChI is InChI=1S/C11H18N2O2/c1-3-5-12-11(14)10-9-15-8-7-13(10)6-4-2/h2,10H,3,5-9H2,1H3,(H,12,14). The number of nitrogens with one attached hydrogen (secondary N) is 1. The van der Waals surface area contributed by atoms with Gasteiger partial charge in [-0.05, 0) is 6.42 Å². The second-order valence-corrected chi connectivity index (χ2v) is 3.56. The van der Waals surface area contributed by atoms with E-state index < -0.39 is 0 Å². The molecule has 0 aromatic heterocycles. The molecule has 0 spiro atoms. The topological polar surface area (TPSA) is 41.6 Å². The monoisotopic (exact) mass is 210 g/mol. The normalized spacial score (nSPS) is 22.0. The molecule has 1 heterocycles. The fraction of sp³-hybridized carbons (Fsp3) is 0.727. The molecular weight excluding hydrogens is 192 g/mol. The molecule has 0 radical (unpaired) electrons. The quantitative estimate of drug-likeness (QED) is 0.656. The van der Waals surface area contributed by atoms with E-state index in [0.29, 0.717) is 26.3 Å². The molecule has 15 heavy (non-hydrogen) atoms. The third kappa shape index (κ3) is 3.54. The van der Waals surface area contributed by atoms with Crippen LogP contribution in [0.5, 0.6) is 0 Å².